The summed E-state index contributed by atoms with van der Waals surface area (Å²) in [4.78, 5) is 28.3. The van der Waals surface area contributed by atoms with E-state index in [0.717, 1.165) is 54.1 Å². The van der Waals surface area contributed by atoms with Gasteiger partial charge in [-0.25, -0.2) is 0 Å². The van der Waals surface area contributed by atoms with Gasteiger partial charge in [0.2, 0.25) is 11.8 Å². The minimum absolute atomic E-state index is 0.0537. The third-order valence-electron chi connectivity index (χ3n) is 6.86. The summed E-state index contributed by atoms with van der Waals surface area (Å²) in [5, 5.41) is 3.18. The van der Waals surface area contributed by atoms with Crippen molar-refractivity contribution in [3.8, 4) is 17.2 Å². The number of amides is 2. The Kier molecular flexibility index (Phi) is 8.50. The van der Waals surface area contributed by atoms with Crippen molar-refractivity contribution in [3.63, 3.8) is 0 Å². The van der Waals surface area contributed by atoms with E-state index < -0.39 is 6.04 Å². The van der Waals surface area contributed by atoms with Crippen molar-refractivity contribution in [2.45, 2.75) is 70.5 Å². The van der Waals surface area contributed by atoms with E-state index >= 15 is 0 Å². The summed E-state index contributed by atoms with van der Waals surface area (Å²) in [6, 6.07) is 13.1. The van der Waals surface area contributed by atoms with E-state index in [1.807, 2.05) is 49.4 Å². The number of benzene rings is 2. The first-order chi connectivity index (χ1) is 17.0. The molecule has 4 rings (SSSR count). The number of ether oxygens (including phenoxy) is 3. The number of methoxy groups -OCH3 is 1. The van der Waals surface area contributed by atoms with Crippen molar-refractivity contribution in [1.29, 1.82) is 0 Å². The van der Waals surface area contributed by atoms with Crippen LogP contribution >= 0.6 is 0 Å². The lowest BCUT2D eigenvalue weighted by Crippen LogP contribution is -2.50. The molecule has 0 saturated heterocycles. The third-order valence-corrected chi connectivity index (χ3v) is 6.86. The summed E-state index contributed by atoms with van der Waals surface area (Å²) in [6.07, 6.45) is 6.39. The summed E-state index contributed by atoms with van der Waals surface area (Å²) in [5.41, 5.74) is 1.96. The van der Waals surface area contributed by atoms with Crippen LogP contribution in [0.4, 0.5) is 0 Å². The van der Waals surface area contributed by atoms with Crippen molar-refractivity contribution in [2.24, 2.45) is 0 Å². The first kappa shape index (κ1) is 24.9. The molecule has 7 nitrogen and oxygen atoms in total. The third kappa shape index (κ3) is 6.68. The van der Waals surface area contributed by atoms with Gasteiger partial charge < -0.3 is 24.4 Å². The van der Waals surface area contributed by atoms with Crippen LogP contribution in [0, 0.1) is 0 Å². The number of carbonyl (C=O) groups excluding carboxylic acids is 2. The molecule has 1 fully saturated rings. The van der Waals surface area contributed by atoms with Crippen LogP contribution < -0.4 is 19.5 Å². The largest absolute Gasteiger partial charge is 0.497 e. The lowest BCUT2D eigenvalue weighted by atomic mass is 9.95. The average molecular weight is 481 g/mol. The normalized spacial score (nSPS) is 16.3. The maximum Gasteiger partial charge on any atom is 0.242 e. The molecule has 188 valence electrons. The molecule has 0 spiro atoms. The van der Waals surface area contributed by atoms with E-state index in [9.17, 15) is 9.59 Å². The Hall–Kier alpha value is -3.22. The fourth-order valence-electron chi connectivity index (χ4n) is 4.72. The maximum atomic E-state index is 13.4. The number of rotatable bonds is 9. The molecule has 1 heterocycles. The molecule has 1 saturated carbocycles. The SMILES string of the molecule is COc1ccc(CN(C(=O)CCc2ccc3c(c2)OCCO3)C(C)C(=O)NC2CCCCC2)cc1. The van der Waals surface area contributed by atoms with Gasteiger partial charge in [-0.1, -0.05) is 37.5 Å². The zero-order valence-corrected chi connectivity index (χ0v) is 20.8. The second-order valence-electron chi connectivity index (χ2n) is 9.37. The Morgan fingerprint density at radius 2 is 1.69 bits per heavy atom. The van der Waals surface area contributed by atoms with E-state index in [1.54, 1.807) is 12.0 Å². The number of hydrogen-bond donors (Lipinski definition) is 1. The molecule has 0 radical (unpaired) electrons. The standard InChI is InChI=1S/C28H36N2O5/c1-20(28(32)29-23-6-4-3-5-7-23)30(19-22-8-12-24(33-2)13-9-22)27(31)15-11-21-10-14-25-26(18-21)35-17-16-34-25/h8-10,12-14,18,20,23H,3-7,11,15-17,19H2,1-2H3,(H,29,32). The molecule has 2 aromatic rings. The van der Waals surface area contributed by atoms with Crippen LogP contribution in [0.3, 0.4) is 0 Å². The maximum absolute atomic E-state index is 13.4. The second-order valence-corrected chi connectivity index (χ2v) is 9.37. The van der Waals surface area contributed by atoms with Crippen LogP contribution in [0.25, 0.3) is 0 Å². The summed E-state index contributed by atoms with van der Waals surface area (Å²) in [6.45, 7) is 3.26. The molecule has 35 heavy (non-hydrogen) atoms. The highest BCUT2D eigenvalue weighted by Crippen LogP contribution is 2.31. The van der Waals surface area contributed by atoms with Gasteiger partial charge >= 0.3 is 0 Å². The van der Waals surface area contributed by atoms with Gasteiger partial charge in [-0.3, -0.25) is 9.59 Å². The molecule has 1 aliphatic heterocycles. The number of nitrogens with one attached hydrogen (secondary N) is 1. The number of fused-ring (bicyclic) bond motifs is 1. The summed E-state index contributed by atoms with van der Waals surface area (Å²) in [7, 11) is 1.63. The van der Waals surface area contributed by atoms with Gasteiger partial charge in [0.25, 0.3) is 0 Å². The van der Waals surface area contributed by atoms with Crippen molar-refractivity contribution in [1.82, 2.24) is 10.2 Å². The molecule has 1 N–H and O–H groups in total. The van der Waals surface area contributed by atoms with Crippen LogP contribution in [-0.4, -0.2) is 49.1 Å². The van der Waals surface area contributed by atoms with Crippen molar-refractivity contribution in [3.05, 3.63) is 53.6 Å². The van der Waals surface area contributed by atoms with E-state index in [-0.39, 0.29) is 17.9 Å². The van der Waals surface area contributed by atoms with Crippen LogP contribution in [0.1, 0.15) is 56.6 Å². The van der Waals surface area contributed by atoms with Crippen molar-refractivity contribution >= 4 is 11.8 Å². The fraction of sp³-hybridized carbons (Fsp3) is 0.500. The fourth-order valence-corrected chi connectivity index (χ4v) is 4.72. The van der Waals surface area contributed by atoms with Crippen molar-refractivity contribution in [2.75, 3.05) is 20.3 Å². The molecule has 7 heteroatoms. The highest BCUT2D eigenvalue weighted by Gasteiger charge is 2.28. The Morgan fingerprint density at radius 3 is 2.40 bits per heavy atom. The molecule has 0 aromatic heterocycles. The molecular formula is C28H36N2O5. The molecule has 1 unspecified atom stereocenters. The highest BCUT2D eigenvalue weighted by molar-refractivity contribution is 5.87. The number of nitrogens with zero attached hydrogens (tertiary/aromatic N) is 1. The topological polar surface area (TPSA) is 77.1 Å². The van der Waals surface area contributed by atoms with Gasteiger partial charge in [0.05, 0.1) is 7.11 Å². The monoisotopic (exact) mass is 480 g/mol. The van der Waals surface area contributed by atoms with Gasteiger partial charge in [-0.15, -0.1) is 0 Å². The van der Waals surface area contributed by atoms with E-state index in [2.05, 4.69) is 5.32 Å². The van der Waals surface area contributed by atoms with Crippen molar-refractivity contribution < 1.29 is 23.8 Å². The Morgan fingerprint density at radius 1 is 1.00 bits per heavy atom. The lowest BCUT2D eigenvalue weighted by Gasteiger charge is -2.31. The summed E-state index contributed by atoms with van der Waals surface area (Å²) < 4.78 is 16.5. The van der Waals surface area contributed by atoms with E-state index in [4.69, 9.17) is 14.2 Å². The van der Waals surface area contributed by atoms with E-state index in [1.165, 1.54) is 6.42 Å². The molecule has 1 aliphatic carbocycles. The first-order valence-corrected chi connectivity index (χ1v) is 12.6. The van der Waals surface area contributed by atoms with Crippen LogP contribution in [0.5, 0.6) is 17.2 Å². The van der Waals surface area contributed by atoms with Gasteiger partial charge in [0, 0.05) is 19.0 Å². The lowest BCUT2D eigenvalue weighted by molar-refractivity contribution is -0.141. The first-order valence-electron chi connectivity index (χ1n) is 12.6. The Balaban J connectivity index is 1.44. The minimum Gasteiger partial charge on any atom is -0.497 e. The number of carbonyl (C=O) groups is 2. The summed E-state index contributed by atoms with van der Waals surface area (Å²) in [5.74, 6) is 2.07. The number of hydrogen-bond acceptors (Lipinski definition) is 5. The van der Waals surface area contributed by atoms with Gasteiger partial charge in [-0.05, 0) is 61.6 Å². The van der Waals surface area contributed by atoms with E-state index in [0.29, 0.717) is 32.6 Å². The second kappa shape index (κ2) is 12.0. The molecule has 2 aliphatic rings. The Labute approximate surface area is 207 Å². The highest BCUT2D eigenvalue weighted by atomic mass is 16.6. The predicted octanol–water partition coefficient (Wildman–Crippen LogP) is 4.27. The Bertz CT molecular complexity index is 1000. The van der Waals surface area contributed by atoms with Crippen LogP contribution in [0.2, 0.25) is 0 Å². The van der Waals surface area contributed by atoms with Crippen LogP contribution in [0.15, 0.2) is 42.5 Å². The molecule has 2 aromatic carbocycles. The van der Waals surface area contributed by atoms with Gasteiger partial charge in [-0.2, -0.15) is 0 Å². The quantitative estimate of drug-likeness (QED) is 0.580. The smallest absolute Gasteiger partial charge is 0.242 e. The summed E-state index contributed by atoms with van der Waals surface area (Å²) >= 11 is 0. The van der Waals surface area contributed by atoms with Gasteiger partial charge in [0.1, 0.15) is 25.0 Å². The zero-order chi connectivity index (χ0) is 24.6. The average Bonchev–Trinajstić information content (AvgIpc) is 2.90. The molecular weight excluding hydrogens is 444 g/mol. The minimum atomic E-state index is -0.563. The predicted molar refractivity (Wildman–Crippen MR) is 134 cm³/mol. The zero-order valence-electron chi connectivity index (χ0n) is 20.8. The van der Waals surface area contributed by atoms with Crippen LogP contribution in [-0.2, 0) is 22.6 Å². The number of aryl methyl sites for hydroxylation is 1. The molecule has 1 atom stereocenters. The molecule has 2 amide bonds. The van der Waals surface area contributed by atoms with Gasteiger partial charge in [0.15, 0.2) is 11.5 Å². The molecule has 0 bridgehead atoms.